The molecule has 0 bridgehead atoms. The van der Waals surface area contributed by atoms with E-state index in [4.69, 9.17) is 0 Å². The molecule has 3 amide bonds. The molecule has 2 aliphatic heterocycles. The van der Waals surface area contributed by atoms with Crippen molar-refractivity contribution in [1.82, 2.24) is 14.7 Å². The Morgan fingerprint density at radius 1 is 1.00 bits per heavy atom. The van der Waals surface area contributed by atoms with Gasteiger partial charge in [0.1, 0.15) is 0 Å². The van der Waals surface area contributed by atoms with Crippen LogP contribution in [0, 0.1) is 25.7 Å². The van der Waals surface area contributed by atoms with Gasteiger partial charge in [-0.1, -0.05) is 32.0 Å². The van der Waals surface area contributed by atoms with Crippen LogP contribution in [-0.2, 0) is 14.4 Å². The van der Waals surface area contributed by atoms with Crippen molar-refractivity contribution in [3.8, 4) is 0 Å². The van der Waals surface area contributed by atoms with Crippen LogP contribution in [0.3, 0.4) is 0 Å². The van der Waals surface area contributed by atoms with Gasteiger partial charge in [-0.3, -0.25) is 19.3 Å². The van der Waals surface area contributed by atoms with Crippen LogP contribution in [0.2, 0.25) is 0 Å². The van der Waals surface area contributed by atoms with Gasteiger partial charge in [0.25, 0.3) is 0 Å². The number of piperazine rings is 1. The number of hydrogen-bond donors (Lipinski definition) is 1. The van der Waals surface area contributed by atoms with Crippen molar-refractivity contribution in [2.24, 2.45) is 11.8 Å². The van der Waals surface area contributed by atoms with E-state index in [-0.39, 0.29) is 29.6 Å². The normalized spacial score (nSPS) is 20.1. The molecule has 2 heterocycles. The van der Waals surface area contributed by atoms with E-state index in [0.717, 1.165) is 36.2 Å². The second-order valence-corrected chi connectivity index (χ2v) is 9.19. The second-order valence-electron chi connectivity index (χ2n) is 9.19. The van der Waals surface area contributed by atoms with Gasteiger partial charge < -0.3 is 15.1 Å². The lowest BCUT2D eigenvalue weighted by Crippen LogP contribution is -2.54. The lowest BCUT2D eigenvalue weighted by Gasteiger charge is -2.39. The van der Waals surface area contributed by atoms with Crippen LogP contribution in [0.1, 0.15) is 37.8 Å². The van der Waals surface area contributed by atoms with Gasteiger partial charge in [-0.2, -0.15) is 0 Å². The maximum Gasteiger partial charge on any atom is 0.238 e. The van der Waals surface area contributed by atoms with Gasteiger partial charge in [0.15, 0.2) is 0 Å². The Morgan fingerprint density at radius 2 is 1.65 bits per heavy atom. The molecule has 2 fully saturated rings. The Labute approximate surface area is 185 Å². The van der Waals surface area contributed by atoms with Crippen molar-refractivity contribution >= 4 is 23.4 Å². The highest BCUT2D eigenvalue weighted by Gasteiger charge is 2.33. The van der Waals surface area contributed by atoms with Crippen molar-refractivity contribution in [2.45, 2.75) is 40.5 Å². The summed E-state index contributed by atoms with van der Waals surface area (Å²) in [6.07, 6.45) is 1.73. The standard InChI is InChI=1S/C24H36N4O3/c1-17(2)23(30)28-10-6-9-20(15-28)24(31)27-13-11-26(12-14-27)16-21(29)25-22-18(3)7-5-8-19(22)4/h5,7-8,17,20H,6,9-16H2,1-4H3,(H,25,29). The average Bonchev–Trinajstić information content (AvgIpc) is 2.76. The van der Waals surface area contributed by atoms with Gasteiger partial charge in [0.05, 0.1) is 12.5 Å². The predicted octanol–water partition coefficient (Wildman–Crippen LogP) is 2.28. The quantitative estimate of drug-likeness (QED) is 0.781. The van der Waals surface area contributed by atoms with E-state index < -0.39 is 0 Å². The Morgan fingerprint density at radius 3 is 2.26 bits per heavy atom. The lowest BCUT2D eigenvalue weighted by molar-refractivity contribution is -0.143. The van der Waals surface area contributed by atoms with Crippen LogP contribution in [-0.4, -0.2) is 78.2 Å². The molecule has 1 N–H and O–H groups in total. The molecule has 2 saturated heterocycles. The average molecular weight is 429 g/mol. The third-order valence-electron chi connectivity index (χ3n) is 6.37. The number of rotatable bonds is 5. The lowest BCUT2D eigenvalue weighted by atomic mass is 9.95. The summed E-state index contributed by atoms with van der Waals surface area (Å²) in [5, 5.41) is 3.04. The molecular formula is C24H36N4O3. The molecule has 0 saturated carbocycles. The van der Waals surface area contributed by atoms with Crippen molar-refractivity contribution in [1.29, 1.82) is 0 Å². The molecule has 0 radical (unpaired) electrons. The van der Waals surface area contributed by atoms with Gasteiger partial charge in [-0.15, -0.1) is 0 Å². The topological polar surface area (TPSA) is 73.0 Å². The van der Waals surface area contributed by atoms with E-state index in [9.17, 15) is 14.4 Å². The Bertz CT molecular complexity index is 795. The summed E-state index contributed by atoms with van der Waals surface area (Å²) < 4.78 is 0. The van der Waals surface area contributed by atoms with E-state index >= 15 is 0 Å². The molecular weight excluding hydrogens is 392 g/mol. The first-order chi connectivity index (χ1) is 14.8. The fraction of sp³-hybridized carbons (Fsp3) is 0.625. The SMILES string of the molecule is Cc1cccc(C)c1NC(=O)CN1CCN(C(=O)C2CCCN(C(=O)C(C)C)C2)CC1. The molecule has 1 aromatic carbocycles. The highest BCUT2D eigenvalue weighted by molar-refractivity contribution is 5.93. The van der Waals surface area contributed by atoms with Gasteiger partial charge in [-0.05, 0) is 37.8 Å². The minimum atomic E-state index is -0.102. The molecule has 2 aliphatic rings. The third-order valence-corrected chi connectivity index (χ3v) is 6.37. The number of carbonyl (C=O) groups excluding carboxylic acids is 3. The largest absolute Gasteiger partial charge is 0.342 e. The van der Waals surface area contributed by atoms with Gasteiger partial charge in [0.2, 0.25) is 17.7 Å². The molecule has 1 unspecified atom stereocenters. The molecule has 0 aliphatic carbocycles. The zero-order valence-electron chi connectivity index (χ0n) is 19.3. The summed E-state index contributed by atoms with van der Waals surface area (Å²) in [6.45, 7) is 12.1. The van der Waals surface area contributed by atoms with Crippen molar-refractivity contribution in [3.63, 3.8) is 0 Å². The monoisotopic (exact) mass is 428 g/mol. The molecule has 3 rings (SSSR count). The molecule has 1 aromatic rings. The first-order valence-electron chi connectivity index (χ1n) is 11.4. The maximum absolute atomic E-state index is 13.0. The molecule has 0 spiro atoms. The van der Waals surface area contributed by atoms with Gasteiger partial charge >= 0.3 is 0 Å². The van der Waals surface area contributed by atoms with Crippen LogP contribution in [0.25, 0.3) is 0 Å². The number of benzene rings is 1. The van der Waals surface area contributed by atoms with Gasteiger partial charge in [-0.25, -0.2) is 0 Å². The van der Waals surface area contributed by atoms with Crippen molar-refractivity contribution < 1.29 is 14.4 Å². The number of anilines is 1. The zero-order valence-corrected chi connectivity index (χ0v) is 19.3. The molecule has 31 heavy (non-hydrogen) atoms. The number of amides is 3. The summed E-state index contributed by atoms with van der Waals surface area (Å²) in [6, 6.07) is 5.98. The number of hydrogen-bond acceptors (Lipinski definition) is 4. The van der Waals surface area contributed by atoms with E-state index in [2.05, 4.69) is 10.2 Å². The summed E-state index contributed by atoms with van der Waals surface area (Å²) in [5.41, 5.74) is 3.00. The smallest absolute Gasteiger partial charge is 0.238 e. The van der Waals surface area contributed by atoms with Gasteiger partial charge in [0, 0.05) is 50.9 Å². The second kappa shape index (κ2) is 10.3. The van der Waals surface area contributed by atoms with Crippen LogP contribution >= 0.6 is 0 Å². The fourth-order valence-corrected chi connectivity index (χ4v) is 4.52. The number of nitrogens with one attached hydrogen (secondary N) is 1. The summed E-state index contributed by atoms with van der Waals surface area (Å²) in [5.74, 6) is 0.132. The highest BCUT2D eigenvalue weighted by Crippen LogP contribution is 2.22. The number of likely N-dealkylation sites (tertiary alicyclic amines) is 1. The Kier molecular flexibility index (Phi) is 7.70. The minimum Gasteiger partial charge on any atom is -0.342 e. The predicted molar refractivity (Wildman–Crippen MR) is 122 cm³/mol. The summed E-state index contributed by atoms with van der Waals surface area (Å²) in [7, 11) is 0. The summed E-state index contributed by atoms with van der Waals surface area (Å²) >= 11 is 0. The van der Waals surface area contributed by atoms with E-state index in [1.807, 2.05) is 55.7 Å². The van der Waals surface area contributed by atoms with E-state index in [1.165, 1.54) is 0 Å². The zero-order chi connectivity index (χ0) is 22.5. The Hall–Kier alpha value is -2.41. The number of aryl methyl sites for hydroxylation is 2. The number of para-hydroxylation sites is 1. The van der Waals surface area contributed by atoms with Crippen LogP contribution in [0.15, 0.2) is 18.2 Å². The number of carbonyl (C=O) groups is 3. The number of piperidine rings is 1. The van der Waals surface area contributed by atoms with Crippen LogP contribution < -0.4 is 5.32 Å². The molecule has 170 valence electrons. The number of nitrogens with zero attached hydrogens (tertiary/aromatic N) is 3. The highest BCUT2D eigenvalue weighted by atomic mass is 16.2. The summed E-state index contributed by atoms with van der Waals surface area (Å²) in [4.78, 5) is 43.7. The third kappa shape index (κ3) is 5.85. The fourth-order valence-electron chi connectivity index (χ4n) is 4.52. The Balaban J connectivity index is 1.47. The van der Waals surface area contributed by atoms with E-state index in [0.29, 0.717) is 39.3 Å². The van der Waals surface area contributed by atoms with Crippen molar-refractivity contribution in [3.05, 3.63) is 29.3 Å². The first-order valence-corrected chi connectivity index (χ1v) is 11.4. The van der Waals surface area contributed by atoms with Crippen molar-refractivity contribution in [2.75, 3.05) is 51.1 Å². The molecule has 7 heteroatoms. The first kappa shape index (κ1) is 23.3. The van der Waals surface area contributed by atoms with Crippen LogP contribution in [0.4, 0.5) is 5.69 Å². The molecule has 1 atom stereocenters. The minimum absolute atomic E-state index is 0.0210. The molecule has 0 aromatic heterocycles. The maximum atomic E-state index is 13.0. The van der Waals surface area contributed by atoms with E-state index in [1.54, 1.807) is 0 Å². The molecule has 7 nitrogen and oxygen atoms in total. The van der Waals surface area contributed by atoms with Crippen LogP contribution in [0.5, 0.6) is 0 Å².